The molecule has 4 unspecified atom stereocenters. The van der Waals surface area contributed by atoms with Gasteiger partial charge in [-0.2, -0.15) is 0 Å². The Morgan fingerprint density at radius 2 is 1.64 bits per heavy atom. The highest BCUT2D eigenvalue weighted by atomic mass is 16.3. The lowest BCUT2D eigenvalue weighted by molar-refractivity contribution is -0.153. The summed E-state index contributed by atoms with van der Waals surface area (Å²) in [6, 6.07) is 0. The third kappa shape index (κ3) is 4.33. The molecule has 1 aliphatic carbocycles. The largest absolute Gasteiger partial charge is 0.391 e. The van der Waals surface area contributed by atoms with Crippen molar-refractivity contribution in [2.75, 3.05) is 0 Å². The van der Waals surface area contributed by atoms with Crippen LogP contribution in [-0.4, -0.2) is 39.3 Å². The fourth-order valence-corrected chi connectivity index (χ4v) is 3.18. The average molecular weight is 350 g/mol. The minimum absolute atomic E-state index is 0.106. The summed E-state index contributed by atoms with van der Waals surface area (Å²) >= 11 is 0. The van der Waals surface area contributed by atoms with Crippen molar-refractivity contribution in [2.45, 2.75) is 66.1 Å². The van der Waals surface area contributed by atoms with Crippen LogP contribution in [0.2, 0.25) is 0 Å². The van der Waals surface area contributed by atoms with Crippen LogP contribution in [0, 0.1) is 17.8 Å². The Morgan fingerprint density at radius 3 is 2.08 bits per heavy atom. The maximum absolute atomic E-state index is 12.8. The van der Waals surface area contributed by atoms with Gasteiger partial charge < -0.3 is 10.2 Å². The van der Waals surface area contributed by atoms with E-state index in [1.165, 1.54) is 0 Å². The Labute approximate surface area is 149 Å². The molecule has 4 atom stereocenters. The molecule has 1 saturated carbocycles. The van der Waals surface area contributed by atoms with E-state index in [0.717, 1.165) is 11.1 Å². The monoisotopic (exact) mass is 350 g/mol. The highest BCUT2D eigenvalue weighted by molar-refractivity contribution is 6.20. The molecule has 5 heteroatoms. The summed E-state index contributed by atoms with van der Waals surface area (Å²) in [5.74, 6) is -4.80. The van der Waals surface area contributed by atoms with Gasteiger partial charge in [-0.1, -0.05) is 37.1 Å². The van der Waals surface area contributed by atoms with Crippen LogP contribution in [0.5, 0.6) is 0 Å². The number of aliphatic hydroxyl groups is 2. The lowest BCUT2D eigenvalue weighted by Crippen LogP contribution is -2.50. The molecule has 2 N–H and O–H groups in total. The second kappa shape index (κ2) is 8.19. The summed E-state index contributed by atoms with van der Waals surface area (Å²) in [4.78, 5) is 37.9. The van der Waals surface area contributed by atoms with E-state index in [9.17, 15) is 24.6 Å². The first-order chi connectivity index (χ1) is 11.4. The molecule has 0 radical (unpaired) electrons. The van der Waals surface area contributed by atoms with Crippen molar-refractivity contribution in [2.24, 2.45) is 17.8 Å². The number of carbonyl (C=O) groups is 3. The molecule has 0 aromatic rings. The second-order valence-electron chi connectivity index (χ2n) is 7.69. The normalized spacial score (nSPS) is 28.8. The van der Waals surface area contributed by atoms with Gasteiger partial charge in [0.1, 0.15) is 11.7 Å². The van der Waals surface area contributed by atoms with E-state index in [1.54, 1.807) is 26.0 Å². The van der Waals surface area contributed by atoms with Crippen molar-refractivity contribution in [1.29, 1.82) is 0 Å². The van der Waals surface area contributed by atoms with Gasteiger partial charge in [0.2, 0.25) is 0 Å². The molecule has 1 fully saturated rings. The Bertz CT molecular complexity index is 606. The third-order valence-corrected chi connectivity index (χ3v) is 4.72. The predicted octanol–water partition coefficient (Wildman–Crippen LogP) is 2.40. The summed E-state index contributed by atoms with van der Waals surface area (Å²) in [5, 5.41) is 21.6. The summed E-state index contributed by atoms with van der Waals surface area (Å²) in [6.07, 6.45) is 2.09. The fraction of sp³-hybridized carbons (Fsp3) is 0.650. The van der Waals surface area contributed by atoms with Gasteiger partial charge in [0.25, 0.3) is 0 Å². The average Bonchev–Trinajstić information content (AvgIpc) is 2.69. The molecule has 140 valence electrons. The molecule has 1 aliphatic rings. The molecular weight excluding hydrogens is 320 g/mol. The lowest BCUT2D eigenvalue weighted by atomic mass is 9.81. The number of ketones is 3. The first kappa shape index (κ1) is 21.5. The van der Waals surface area contributed by atoms with Crippen LogP contribution in [-0.2, 0) is 14.4 Å². The summed E-state index contributed by atoms with van der Waals surface area (Å²) < 4.78 is 0. The van der Waals surface area contributed by atoms with Crippen LogP contribution < -0.4 is 0 Å². The zero-order chi connectivity index (χ0) is 19.5. The van der Waals surface area contributed by atoms with Gasteiger partial charge in [0.05, 0.1) is 6.10 Å². The highest BCUT2D eigenvalue weighted by Gasteiger charge is 2.64. The van der Waals surface area contributed by atoms with E-state index in [2.05, 4.69) is 0 Å². The fourth-order valence-electron chi connectivity index (χ4n) is 3.18. The molecule has 0 aromatic heterocycles. The number of rotatable bonds is 7. The van der Waals surface area contributed by atoms with E-state index >= 15 is 0 Å². The van der Waals surface area contributed by atoms with Crippen molar-refractivity contribution in [3.63, 3.8) is 0 Å². The number of Topliss-reactive ketones (excluding diaryl/α,β-unsaturated/α-hetero) is 3. The van der Waals surface area contributed by atoms with Crippen LogP contribution >= 0.6 is 0 Å². The zero-order valence-electron chi connectivity index (χ0n) is 16.0. The predicted molar refractivity (Wildman–Crippen MR) is 95.9 cm³/mol. The molecule has 0 aliphatic heterocycles. The summed E-state index contributed by atoms with van der Waals surface area (Å²) in [5.41, 5.74) is -0.497. The standard InChI is InChI=1S/C20H30O5/c1-11(2)7-9-14-18(23)16(17(22)13(5)6)19(24)20(14,25)15(21)10-8-12(3)4/h7-8,13-14,16,18,23,25H,9-10H2,1-6H3. The quantitative estimate of drug-likeness (QED) is 0.543. The Balaban J connectivity index is 3.34. The van der Waals surface area contributed by atoms with Gasteiger partial charge in [0.15, 0.2) is 17.2 Å². The summed E-state index contributed by atoms with van der Waals surface area (Å²) in [6.45, 7) is 10.6. The van der Waals surface area contributed by atoms with Gasteiger partial charge in [0, 0.05) is 18.3 Å². The van der Waals surface area contributed by atoms with E-state index in [4.69, 9.17) is 0 Å². The lowest BCUT2D eigenvalue weighted by Gasteiger charge is -2.27. The number of carbonyl (C=O) groups excluding carboxylic acids is 3. The Kier molecular flexibility index (Phi) is 7.03. The van der Waals surface area contributed by atoms with Crippen LogP contribution in [0.15, 0.2) is 23.3 Å². The van der Waals surface area contributed by atoms with E-state index in [1.807, 2.05) is 27.7 Å². The molecule has 25 heavy (non-hydrogen) atoms. The zero-order valence-corrected chi connectivity index (χ0v) is 16.0. The van der Waals surface area contributed by atoms with Gasteiger partial charge in [-0.25, -0.2) is 0 Å². The molecular formula is C20H30O5. The first-order valence-electron chi connectivity index (χ1n) is 8.73. The summed E-state index contributed by atoms with van der Waals surface area (Å²) in [7, 11) is 0. The molecule has 0 bridgehead atoms. The van der Waals surface area contributed by atoms with Gasteiger partial charge >= 0.3 is 0 Å². The van der Waals surface area contributed by atoms with Crippen LogP contribution in [0.3, 0.4) is 0 Å². The highest BCUT2D eigenvalue weighted by Crippen LogP contribution is 2.42. The van der Waals surface area contributed by atoms with Crippen LogP contribution in [0.4, 0.5) is 0 Å². The van der Waals surface area contributed by atoms with Crippen molar-refractivity contribution < 1.29 is 24.6 Å². The number of aliphatic hydroxyl groups excluding tert-OH is 1. The van der Waals surface area contributed by atoms with Crippen molar-refractivity contribution in [3.05, 3.63) is 23.3 Å². The number of allylic oxidation sites excluding steroid dienone is 4. The van der Waals surface area contributed by atoms with Gasteiger partial charge in [-0.15, -0.1) is 0 Å². The smallest absolute Gasteiger partial charge is 0.187 e. The molecule has 0 heterocycles. The number of hydrogen-bond donors (Lipinski definition) is 2. The van der Waals surface area contributed by atoms with Crippen LogP contribution in [0.1, 0.15) is 54.4 Å². The number of hydrogen-bond acceptors (Lipinski definition) is 5. The van der Waals surface area contributed by atoms with Crippen LogP contribution in [0.25, 0.3) is 0 Å². The minimum atomic E-state index is -2.33. The topological polar surface area (TPSA) is 91.7 Å². The molecule has 1 rings (SSSR count). The van der Waals surface area contributed by atoms with E-state index in [-0.39, 0.29) is 12.8 Å². The van der Waals surface area contributed by atoms with Crippen molar-refractivity contribution in [3.8, 4) is 0 Å². The first-order valence-corrected chi connectivity index (χ1v) is 8.73. The Morgan fingerprint density at radius 1 is 1.12 bits per heavy atom. The Hall–Kier alpha value is -1.59. The van der Waals surface area contributed by atoms with E-state index in [0.29, 0.717) is 0 Å². The molecule has 0 amide bonds. The maximum atomic E-state index is 12.8. The van der Waals surface area contributed by atoms with E-state index < -0.39 is 46.8 Å². The third-order valence-electron chi connectivity index (χ3n) is 4.72. The SMILES string of the molecule is CC(C)=CCC(=O)C1(O)C(=O)C(C(=O)C(C)C)C(O)C1CC=C(C)C. The second-order valence-corrected chi connectivity index (χ2v) is 7.69. The molecule has 0 spiro atoms. The molecule has 0 saturated heterocycles. The molecule has 5 nitrogen and oxygen atoms in total. The van der Waals surface area contributed by atoms with Crippen molar-refractivity contribution in [1.82, 2.24) is 0 Å². The molecule has 0 aromatic carbocycles. The van der Waals surface area contributed by atoms with Gasteiger partial charge in [-0.05, 0) is 34.1 Å². The maximum Gasteiger partial charge on any atom is 0.187 e. The minimum Gasteiger partial charge on any atom is -0.391 e. The van der Waals surface area contributed by atoms with Gasteiger partial charge in [-0.3, -0.25) is 14.4 Å². The van der Waals surface area contributed by atoms with Crippen molar-refractivity contribution >= 4 is 17.3 Å².